The van der Waals surface area contributed by atoms with Gasteiger partial charge in [0.2, 0.25) is 0 Å². The molecule has 0 radical (unpaired) electrons. The maximum Gasteiger partial charge on any atom is 0.194 e. The molecule has 1 aromatic rings. The monoisotopic (exact) mass is 352 g/mol. The van der Waals surface area contributed by atoms with Crippen molar-refractivity contribution in [2.45, 2.75) is 84.0 Å². The molecule has 0 N–H and O–H groups in total. The van der Waals surface area contributed by atoms with E-state index >= 15 is 0 Å². The molecule has 1 aromatic carbocycles. The second-order valence-corrected chi connectivity index (χ2v) is 8.44. The molecule has 2 fully saturated rings. The van der Waals surface area contributed by atoms with Gasteiger partial charge in [-0.15, -0.1) is 0 Å². The summed E-state index contributed by atoms with van der Waals surface area (Å²) < 4.78 is 41.1. The molecule has 2 aliphatic carbocycles. The summed E-state index contributed by atoms with van der Waals surface area (Å²) in [5.74, 6) is -1.98. The van der Waals surface area contributed by atoms with Gasteiger partial charge in [0, 0.05) is 0 Å². The van der Waals surface area contributed by atoms with Gasteiger partial charge >= 0.3 is 0 Å². The van der Waals surface area contributed by atoms with Crippen LogP contribution in [0.1, 0.15) is 89.5 Å². The molecule has 25 heavy (non-hydrogen) atoms. The predicted octanol–water partition coefficient (Wildman–Crippen LogP) is 7.37. The van der Waals surface area contributed by atoms with Crippen LogP contribution in [0.25, 0.3) is 0 Å². The first kappa shape index (κ1) is 18.8. The van der Waals surface area contributed by atoms with Crippen molar-refractivity contribution in [2.24, 2.45) is 17.3 Å². The lowest BCUT2D eigenvalue weighted by Gasteiger charge is -2.51. The molecule has 0 aliphatic heterocycles. The van der Waals surface area contributed by atoms with Crippen LogP contribution in [-0.2, 0) is 0 Å². The third kappa shape index (κ3) is 3.61. The van der Waals surface area contributed by atoms with Crippen LogP contribution in [0.5, 0.6) is 0 Å². The number of benzene rings is 1. The van der Waals surface area contributed by atoms with E-state index in [9.17, 15) is 13.2 Å². The number of hydrogen-bond acceptors (Lipinski definition) is 0. The van der Waals surface area contributed by atoms with E-state index in [-0.39, 0.29) is 11.3 Å². The average Bonchev–Trinajstić information content (AvgIpc) is 2.66. The summed E-state index contributed by atoms with van der Waals surface area (Å²) >= 11 is 0. The highest BCUT2D eigenvalue weighted by Crippen LogP contribution is 2.57. The van der Waals surface area contributed by atoms with Gasteiger partial charge in [0.25, 0.3) is 0 Å². The maximum absolute atomic E-state index is 13.8. The Bertz CT molecular complexity index is 558. The smallest absolute Gasteiger partial charge is 0.194 e. The lowest BCUT2D eigenvalue weighted by molar-refractivity contribution is 0.0248. The van der Waals surface area contributed by atoms with Crippen molar-refractivity contribution in [2.75, 3.05) is 0 Å². The highest BCUT2D eigenvalue weighted by Gasteiger charge is 2.46. The zero-order valence-electron chi connectivity index (χ0n) is 15.6. The van der Waals surface area contributed by atoms with E-state index in [4.69, 9.17) is 0 Å². The summed E-state index contributed by atoms with van der Waals surface area (Å²) in [5, 5.41) is 0. The first-order valence-corrected chi connectivity index (χ1v) is 10.1. The number of rotatable bonds is 4. The minimum absolute atomic E-state index is 0.0676. The van der Waals surface area contributed by atoms with Crippen LogP contribution in [-0.4, -0.2) is 0 Å². The Morgan fingerprint density at radius 1 is 0.960 bits per heavy atom. The summed E-state index contributed by atoms with van der Waals surface area (Å²) in [6.45, 7) is 4.37. The van der Waals surface area contributed by atoms with E-state index in [0.717, 1.165) is 18.8 Å². The molecule has 3 heteroatoms. The van der Waals surface area contributed by atoms with Gasteiger partial charge in [0.1, 0.15) is 0 Å². The van der Waals surface area contributed by atoms with Gasteiger partial charge < -0.3 is 0 Å². The van der Waals surface area contributed by atoms with Crippen molar-refractivity contribution in [3.63, 3.8) is 0 Å². The van der Waals surface area contributed by atoms with Gasteiger partial charge in [-0.3, -0.25) is 0 Å². The molecular weight excluding hydrogens is 321 g/mol. The molecular formula is C22H31F3. The zero-order chi connectivity index (χ0) is 18.0. The fraction of sp³-hybridized carbons (Fsp3) is 0.727. The van der Waals surface area contributed by atoms with E-state index in [2.05, 4.69) is 13.8 Å². The molecule has 0 bridgehead atoms. The van der Waals surface area contributed by atoms with E-state index in [1.54, 1.807) is 0 Å². The second-order valence-electron chi connectivity index (χ2n) is 8.44. The molecule has 0 amide bonds. The Hall–Kier alpha value is -0.990. The van der Waals surface area contributed by atoms with Crippen LogP contribution in [0.3, 0.4) is 0 Å². The highest BCUT2D eigenvalue weighted by atomic mass is 19.2. The summed E-state index contributed by atoms with van der Waals surface area (Å²) in [4.78, 5) is 0. The molecule has 1 atom stereocenters. The van der Waals surface area contributed by atoms with Gasteiger partial charge in [-0.05, 0) is 79.4 Å². The standard InChI is InChI=1S/C22H31F3/c1-3-16-9-11-22(12-10-16,18-7-5-4-6-8-18)15(2)17-13-19(23)21(25)20(24)14-17/h13-16,18H,3-12H2,1-2H3/t15?,16-,22-. The van der Waals surface area contributed by atoms with Crippen molar-refractivity contribution in [3.8, 4) is 0 Å². The molecule has 0 saturated heterocycles. The van der Waals surface area contributed by atoms with Crippen molar-refractivity contribution >= 4 is 0 Å². The summed E-state index contributed by atoms with van der Waals surface area (Å²) in [5.41, 5.74) is 0.750. The quantitative estimate of drug-likeness (QED) is 0.496. The molecule has 0 aromatic heterocycles. The van der Waals surface area contributed by atoms with Crippen LogP contribution in [0.4, 0.5) is 13.2 Å². The van der Waals surface area contributed by atoms with Crippen LogP contribution in [0.15, 0.2) is 12.1 Å². The third-order valence-electron chi connectivity index (χ3n) is 7.40. The summed E-state index contributed by atoms with van der Waals surface area (Å²) in [6, 6.07) is 2.47. The molecule has 3 rings (SSSR count). The van der Waals surface area contributed by atoms with Crippen molar-refractivity contribution in [3.05, 3.63) is 35.1 Å². The lowest BCUT2D eigenvalue weighted by atomic mass is 9.54. The van der Waals surface area contributed by atoms with Crippen LogP contribution in [0.2, 0.25) is 0 Å². The molecule has 140 valence electrons. The second kappa shape index (κ2) is 7.72. The molecule has 0 heterocycles. The first-order chi connectivity index (χ1) is 12.0. The topological polar surface area (TPSA) is 0 Å². The third-order valence-corrected chi connectivity index (χ3v) is 7.40. The van der Waals surface area contributed by atoms with E-state index in [1.807, 2.05) is 0 Å². The highest BCUT2D eigenvalue weighted by molar-refractivity contribution is 5.25. The Balaban J connectivity index is 1.93. The minimum atomic E-state index is -1.35. The van der Waals surface area contributed by atoms with Gasteiger partial charge in [0.15, 0.2) is 17.5 Å². The van der Waals surface area contributed by atoms with Gasteiger partial charge in [-0.1, -0.05) is 39.5 Å². The largest absolute Gasteiger partial charge is 0.204 e. The van der Waals surface area contributed by atoms with Crippen LogP contribution in [0, 0.1) is 34.7 Å². The Kier molecular flexibility index (Phi) is 5.80. The Morgan fingerprint density at radius 2 is 1.52 bits per heavy atom. The normalized spacial score (nSPS) is 29.6. The average molecular weight is 352 g/mol. The molecule has 0 spiro atoms. The molecule has 2 aliphatic rings. The van der Waals surface area contributed by atoms with Crippen molar-refractivity contribution in [1.82, 2.24) is 0 Å². The fourth-order valence-electron chi connectivity index (χ4n) is 5.65. The van der Waals surface area contributed by atoms with Gasteiger partial charge in [-0.2, -0.15) is 0 Å². The van der Waals surface area contributed by atoms with Gasteiger partial charge in [-0.25, -0.2) is 13.2 Å². The Morgan fingerprint density at radius 3 is 2.04 bits per heavy atom. The van der Waals surface area contributed by atoms with Crippen LogP contribution < -0.4 is 0 Å². The minimum Gasteiger partial charge on any atom is -0.204 e. The first-order valence-electron chi connectivity index (χ1n) is 10.1. The molecule has 1 unspecified atom stereocenters. The van der Waals surface area contributed by atoms with Crippen molar-refractivity contribution in [1.29, 1.82) is 0 Å². The van der Waals surface area contributed by atoms with E-state index in [1.165, 1.54) is 63.5 Å². The number of hydrogen-bond donors (Lipinski definition) is 0. The molecule has 0 nitrogen and oxygen atoms in total. The zero-order valence-corrected chi connectivity index (χ0v) is 15.6. The maximum atomic E-state index is 13.8. The fourth-order valence-corrected chi connectivity index (χ4v) is 5.65. The molecule has 2 saturated carbocycles. The van der Waals surface area contributed by atoms with Crippen molar-refractivity contribution < 1.29 is 13.2 Å². The summed E-state index contributed by atoms with van der Waals surface area (Å²) in [7, 11) is 0. The van der Waals surface area contributed by atoms with Gasteiger partial charge in [0.05, 0.1) is 0 Å². The SMILES string of the molecule is CC[C@H]1CC[C@@](C2CCCCC2)(C(C)c2cc(F)c(F)c(F)c2)CC1. The summed E-state index contributed by atoms with van der Waals surface area (Å²) in [6.07, 6.45) is 12.2. The van der Waals surface area contributed by atoms with E-state index in [0.29, 0.717) is 11.5 Å². The lowest BCUT2D eigenvalue weighted by Crippen LogP contribution is -2.40. The Labute approximate surface area is 150 Å². The number of halogens is 3. The predicted molar refractivity (Wildman–Crippen MR) is 96.0 cm³/mol. The van der Waals surface area contributed by atoms with Crippen LogP contribution >= 0.6 is 0 Å². The van der Waals surface area contributed by atoms with E-state index < -0.39 is 17.5 Å².